The molecule has 0 aliphatic rings. The van der Waals surface area contributed by atoms with E-state index in [1.165, 1.54) is 31.2 Å². The fraction of sp³-hybridized carbons (Fsp3) is 0.444. The number of carboxylic acid groups (broad SMARTS) is 2. The van der Waals surface area contributed by atoms with Crippen LogP contribution in [0, 0.1) is 0 Å². The van der Waals surface area contributed by atoms with E-state index in [4.69, 9.17) is 10.8 Å². The molecule has 1 aromatic rings. The normalized spacial score (nSPS) is 16.0. The van der Waals surface area contributed by atoms with Crippen LogP contribution in [0.3, 0.4) is 0 Å². The zero-order valence-corrected chi connectivity index (χ0v) is 16.0. The van der Waals surface area contributed by atoms with Gasteiger partial charge in [-0.15, -0.1) is 0 Å². The summed E-state index contributed by atoms with van der Waals surface area (Å²) in [7, 11) is 0. The van der Waals surface area contributed by atoms with Crippen molar-refractivity contribution in [2.45, 2.75) is 50.4 Å². The molecular weight excluding hydrogens is 386 g/mol. The first-order valence-corrected chi connectivity index (χ1v) is 8.65. The van der Waals surface area contributed by atoms with Gasteiger partial charge in [-0.2, -0.15) is 0 Å². The average Bonchev–Trinajstić information content (AvgIpc) is 2.61. The lowest BCUT2D eigenvalue weighted by atomic mass is 9.94. The van der Waals surface area contributed by atoms with Crippen molar-refractivity contribution in [2.24, 2.45) is 5.73 Å². The molecule has 2 unspecified atom stereocenters. The summed E-state index contributed by atoms with van der Waals surface area (Å²) in [6, 6.07) is 2.80. The van der Waals surface area contributed by atoms with Crippen LogP contribution in [0.2, 0.25) is 0 Å². The fourth-order valence-corrected chi connectivity index (χ4v) is 2.44. The van der Waals surface area contributed by atoms with E-state index in [9.17, 15) is 34.5 Å². The molecule has 160 valence electrons. The van der Waals surface area contributed by atoms with Crippen LogP contribution in [-0.2, 0) is 25.6 Å². The monoisotopic (exact) mass is 411 g/mol. The van der Waals surface area contributed by atoms with Crippen molar-refractivity contribution in [3.05, 3.63) is 29.8 Å². The van der Waals surface area contributed by atoms with Crippen LogP contribution >= 0.6 is 0 Å². The molecule has 8 N–H and O–H groups in total. The van der Waals surface area contributed by atoms with Gasteiger partial charge in [0.15, 0.2) is 0 Å². The number of phenolic OH excluding ortho intramolecular Hbond substituents is 1. The summed E-state index contributed by atoms with van der Waals surface area (Å²) in [4.78, 5) is 47.6. The molecular formula is C18H25N3O8. The third-order valence-electron chi connectivity index (χ3n) is 4.21. The Labute approximate surface area is 166 Å². The maximum Gasteiger partial charge on any atom is 0.326 e. The Morgan fingerprint density at radius 2 is 1.69 bits per heavy atom. The van der Waals surface area contributed by atoms with Crippen molar-refractivity contribution < 1.29 is 39.6 Å². The number of nitrogens with one attached hydrogen (secondary N) is 2. The van der Waals surface area contributed by atoms with E-state index in [2.05, 4.69) is 10.6 Å². The number of nitrogens with two attached hydrogens (primary N) is 1. The number of aliphatic carboxylic acids is 2. The minimum Gasteiger partial charge on any atom is -0.508 e. The second-order valence-electron chi connectivity index (χ2n) is 6.89. The molecule has 0 fully saturated rings. The first-order chi connectivity index (χ1) is 13.4. The highest BCUT2D eigenvalue weighted by molar-refractivity contribution is 5.97. The third-order valence-corrected chi connectivity index (χ3v) is 4.21. The van der Waals surface area contributed by atoms with Gasteiger partial charge in [-0.05, 0) is 31.5 Å². The number of hydrogen-bond acceptors (Lipinski definition) is 7. The van der Waals surface area contributed by atoms with Gasteiger partial charge in [-0.1, -0.05) is 12.1 Å². The van der Waals surface area contributed by atoms with Gasteiger partial charge in [-0.25, -0.2) is 4.79 Å². The minimum absolute atomic E-state index is 0.0177. The number of rotatable bonds is 10. The largest absolute Gasteiger partial charge is 0.508 e. The maximum absolute atomic E-state index is 12.7. The van der Waals surface area contributed by atoms with Gasteiger partial charge in [0.2, 0.25) is 11.8 Å². The number of amides is 2. The third kappa shape index (κ3) is 7.05. The van der Waals surface area contributed by atoms with E-state index >= 15 is 0 Å². The fourth-order valence-electron chi connectivity index (χ4n) is 2.44. The lowest BCUT2D eigenvalue weighted by Gasteiger charge is -2.31. The number of aliphatic hydroxyl groups excluding tert-OH is 1. The molecule has 2 amide bonds. The zero-order chi connectivity index (χ0) is 22.4. The Kier molecular flexibility index (Phi) is 8.10. The molecule has 0 radical (unpaired) electrons. The second kappa shape index (κ2) is 9.85. The van der Waals surface area contributed by atoms with Crippen LogP contribution in [0.5, 0.6) is 5.75 Å². The molecule has 0 saturated heterocycles. The lowest BCUT2D eigenvalue weighted by Crippen LogP contribution is -2.63. The summed E-state index contributed by atoms with van der Waals surface area (Å²) < 4.78 is 0. The molecule has 1 aromatic carbocycles. The Morgan fingerprint density at radius 3 is 2.14 bits per heavy atom. The zero-order valence-electron chi connectivity index (χ0n) is 16.0. The summed E-state index contributed by atoms with van der Waals surface area (Å²) >= 11 is 0. The average molecular weight is 411 g/mol. The van der Waals surface area contributed by atoms with Gasteiger partial charge < -0.3 is 36.8 Å². The van der Waals surface area contributed by atoms with E-state index in [1.807, 2.05) is 0 Å². The van der Waals surface area contributed by atoms with Crippen molar-refractivity contribution >= 4 is 23.8 Å². The Hall–Kier alpha value is -3.18. The molecule has 29 heavy (non-hydrogen) atoms. The van der Waals surface area contributed by atoms with Crippen LogP contribution < -0.4 is 16.4 Å². The van der Waals surface area contributed by atoms with Crippen LogP contribution in [-0.4, -0.2) is 67.9 Å². The molecule has 4 atom stereocenters. The number of aromatic hydroxyl groups is 1. The Bertz CT molecular complexity index is 765. The minimum atomic E-state index is -2.02. The highest BCUT2D eigenvalue weighted by Gasteiger charge is 2.40. The van der Waals surface area contributed by atoms with Crippen LogP contribution in [0.15, 0.2) is 24.3 Å². The van der Waals surface area contributed by atoms with Crippen LogP contribution in [0.4, 0.5) is 0 Å². The van der Waals surface area contributed by atoms with Gasteiger partial charge in [0.25, 0.3) is 0 Å². The van der Waals surface area contributed by atoms with Crippen molar-refractivity contribution in [2.75, 3.05) is 0 Å². The van der Waals surface area contributed by atoms with E-state index in [-0.39, 0.29) is 12.2 Å². The van der Waals surface area contributed by atoms with Gasteiger partial charge in [0.05, 0.1) is 12.5 Å². The molecule has 0 spiro atoms. The smallest absolute Gasteiger partial charge is 0.326 e. The Morgan fingerprint density at radius 1 is 1.14 bits per heavy atom. The summed E-state index contributed by atoms with van der Waals surface area (Å²) in [5, 5.41) is 41.6. The molecule has 1 rings (SSSR count). The standard InChI is InChI=1S/C18H25N3O8/c1-9(22)14(19)15(26)21-18(2,8-13(24)25)17(29)20-12(16(27)28)7-10-3-5-11(23)6-4-10/h3-6,9,12,14,22-23H,7-8,19H2,1-2H3,(H,20,29)(H,21,26)(H,24,25)(H,27,28)/t9-,12+,14?,18?/m1/s1. The van der Waals surface area contributed by atoms with E-state index in [0.717, 1.165) is 6.92 Å². The van der Waals surface area contributed by atoms with Crippen molar-refractivity contribution in [1.82, 2.24) is 10.6 Å². The number of carbonyl (C=O) groups is 4. The highest BCUT2D eigenvalue weighted by Crippen LogP contribution is 2.14. The predicted octanol–water partition coefficient (Wildman–Crippen LogP) is -1.44. The SMILES string of the molecule is C[C@@H](O)C(N)C(=O)NC(C)(CC(=O)O)C(=O)N[C@@H](Cc1ccc(O)cc1)C(=O)O. The van der Waals surface area contributed by atoms with Crippen molar-refractivity contribution in [1.29, 1.82) is 0 Å². The van der Waals surface area contributed by atoms with Crippen LogP contribution in [0.25, 0.3) is 0 Å². The highest BCUT2D eigenvalue weighted by atomic mass is 16.4. The second-order valence-corrected chi connectivity index (χ2v) is 6.89. The van der Waals surface area contributed by atoms with Crippen molar-refractivity contribution in [3.63, 3.8) is 0 Å². The number of carboxylic acids is 2. The molecule has 11 heteroatoms. The quantitative estimate of drug-likeness (QED) is 0.241. The summed E-state index contributed by atoms with van der Waals surface area (Å²) in [6.07, 6.45) is -2.25. The number of phenols is 1. The number of carbonyl (C=O) groups excluding carboxylic acids is 2. The Balaban J connectivity index is 3.03. The van der Waals surface area contributed by atoms with E-state index in [1.54, 1.807) is 0 Å². The van der Waals surface area contributed by atoms with Gasteiger partial charge >= 0.3 is 11.9 Å². The molecule has 0 saturated carbocycles. The van der Waals surface area contributed by atoms with Gasteiger partial charge in [0.1, 0.15) is 23.4 Å². The van der Waals surface area contributed by atoms with Gasteiger partial charge in [-0.3, -0.25) is 14.4 Å². The van der Waals surface area contributed by atoms with Crippen molar-refractivity contribution in [3.8, 4) is 5.75 Å². The van der Waals surface area contributed by atoms with Gasteiger partial charge in [0, 0.05) is 6.42 Å². The molecule has 0 aliphatic heterocycles. The summed E-state index contributed by atoms with van der Waals surface area (Å²) in [5.41, 5.74) is 3.99. The molecule has 0 aliphatic carbocycles. The molecule has 11 nitrogen and oxygen atoms in total. The predicted molar refractivity (Wildman–Crippen MR) is 99.8 cm³/mol. The molecule has 0 bridgehead atoms. The topological polar surface area (TPSA) is 199 Å². The first-order valence-electron chi connectivity index (χ1n) is 8.65. The summed E-state index contributed by atoms with van der Waals surface area (Å²) in [5.74, 6) is -4.83. The van der Waals surface area contributed by atoms with E-state index < -0.39 is 53.9 Å². The number of hydrogen-bond donors (Lipinski definition) is 7. The molecule has 0 heterocycles. The maximum atomic E-state index is 12.7. The van der Waals surface area contributed by atoms with Crippen LogP contribution in [0.1, 0.15) is 25.8 Å². The lowest BCUT2D eigenvalue weighted by molar-refractivity contribution is -0.146. The number of aliphatic hydroxyl groups is 1. The number of benzene rings is 1. The first kappa shape index (κ1) is 23.9. The molecule has 0 aromatic heterocycles. The van der Waals surface area contributed by atoms with E-state index in [0.29, 0.717) is 5.56 Å². The summed E-state index contributed by atoms with van der Waals surface area (Å²) in [6.45, 7) is 2.36.